The van der Waals surface area contributed by atoms with Crippen LogP contribution in [0.25, 0.3) is 10.9 Å². The monoisotopic (exact) mass is 488 g/mol. The molecule has 184 valence electrons. The van der Waals surface area contributed by atoms with Gasteiger partial charge in [0.25, 0.3) is 11.5 Å². The van der Waals surface area contributed by atoms with Crippen LogP contribution in [0.2, 0.25) is 0 Å². The lowest BCUT2D eigenvalue weighted by atomic mass is 10.1. The molecule has 1 amide bonds. The van der Waals surface area contributed by atoms with Crippen molar-refractivity contribution in [2.45, 2.75) is 20.0 Å². The summed E-state index contributed by atoms with van der Waals surface area (Å²) in [6.45, 7) is 1.85. The van der Waals surface area contributed by atoms with Crippen LogP contribution in [-0.2, 0) is 20.1 Å². The van der Waals surface area contributed by atoms with Gasteiger partial charge >= 0.3 is 11.7 Å². The summed E-state index contributed by atoms with van der Waals surface area (Å²) in [7, 11) is 3.09. The van der Waals surface area contributed by atoms with Crippen LogP contribution < -0.4 is 21.3 Å². The van der Waals surface area contributed by atoms with E-state index in [1.165, 1.54) is 29.9 Å². The largest absolute Gasteiger partial charge is 0.497 e. The lowest BCUT2D eigenvalue weighted by Gasteiger charge is -2.12. The highest BCUT2D eigenvalue weighted by molar-refractivity contribution is 5.95. The first kappa shape index (κ1) is 24.4. The van der Waals surface area contributed by atoms with Gasteiger partial charge in [0, 0.05) is 13.6 Å². The highest BCUT2D eigenvalue weighted by atomic mass is 16.5. The molecule has 0 saturated heterocycles. The Morgan fingerprint density at radius 2 is 1.75 bits per heavy atom. The quantitative estimate of drug-likeness (QED) is 0.407. The molecule has 2 aromatic heterocycles. The van der Waals surface area contributed by atoms with Crippen LogP contribution in [0.4, 0.5) is 0 Å². The smallest absolute Gasteiger partial charge is 0.335 e. The number of benzene rings is 2. The van der Waals surface area contributed by atoms with Crippen LogP contribution in [0.5, 0.6) is 5.75 Å². The fraction of sp³-hybridized carbons (Fsp3) is 0.192. The molecule has 0 aliphatic heterocycles. The molecule has 2 aromatic carbocycles. The number of aromatic carboxylic acids is 1. The van der Waals surface area contributed by atoms with E-state index in [0.717, 1.165) is 10.1 Å². The van der Waals surface area contributed by atoms with Crippen molar-refractivity contribution in [2.24, 2.45) is 7.05 Å². The molecule has 10 heteroatoms. The van der Waals surface area contributed by atoms with Crippen LogP contribution in [-0.4, -0.2) is 38.2 Å². The van der Waals surface area contributed by atoms with Gasteiger partial charge in [-0.2, -0.15) is 0 Å². The summed E-state index contributed by atoms with van der Waals surface area (Å²) in [5, 5.41) is 12.2. The number of carbonyl (C=O) groups is 2. The zero-order chi connectivity index (χ0) is 26.0. The van der Waals surface area contributed by atoms with Gasteiger partial charge in [-0.3, -0.25) is 18.7 Å². The number of methoxy groups -OCH3 is 1. The minimum atomic E-state index is -1.05. The highest BCUT2D eigenvalue weighted by Crippen LogP contribution is 2.14. The summed E-state index contributed by atoms with van der Waals surface area (Å²) >= 11 is 0. The molecular formula is C26H24N4O6. The van der Waals surface area contributed by atoms with Gasteiger partial charge in [-0.05, 0) is 47.9 Å². The number of rotatable bonds is 7. The molecule has 0 bridgehead atoms. The Balaban J connectivity index is 1.65. The van der Waals surface area contributed by atoms with Gasteiger partial charge in [0.1, 0.15) is 11.4 Å². The molecule has 0 saturated carbocycles. The van der Waals surface area contributed by atoms with Crippen molar-refractivity contribution in [3.05, 3.63) is 104 Å². The molecule has 2 N–H and O–H groups in total. The van der Waals surface area contributed by atoms with Gasteiger partial charge in [0.05, 0.1) is 36.3 Å². The van der Waals surface area contributed by atoms with Gasteiger partial charge in [-0.15, -0.1) is 0 Å². The molecular weight excluding hydrogens is 464 g/mol. The third kappa shape index (κ3) is 4.74. The van der Waals surface area contributed by atoms with Gasteiger partial charge in [-0.25, -0.2) is 14.6 Å². The average Bonchev–Trinajstić information content (AvgIpc) is 2.88. The fourth-order valence-electron chi connectivity index (χ4n) is 3.93. The first-order valence-corrected chi connectivity index (χ1v) is 11.0. The predicted octanol–water partition coefficient (Wildman–Crippen LogP) is 2.09. The molecule has 0 aliphatic rings. The molecule has 0 fully saturated rings. The first-order chi connectivity index (χ1) is 17.2. The van der Waals surface area contributed by atoms with E-state index in [4.69, 9.17) is 4.74 Å². The van der Waals surface area contributed by atoms with E-state index in [2.05, 4.69) is 10.3 Å². The number of carboxylic acids is 1. The second-order valence-electron chi connectivity index (χ2n) is 8.30. The molecule has 0 spiro atoms. The minimum Gasteiger partial charge on any atom is -0.497 e. The van der Waals surface area contributed by atoms with Crippen molar-refractivity contribution < 1.29 is 19.4 Å². The topological polar surface area (TPSA) is 133 Å². The molecule has 0 unspecified atom stereocenters. The third-order valence-electron chi connectivity index (χ3n) is 5.94. The van der Waals surface area contributed by atoms with Crippen LogP contribution in [0.15, 0.2) is 64.3 Å². The first-order valence-electron chi connectivity index (χ1n) is 11.0. The number of aromatic nitrogens is 3. The number of hydrogen-bond acceptors (Lipinski definition) is 6. The van der Waals surface area contributed by atoms with Crippen LogP contribution >= 0.6 is 0 Å². The minimum absolute atomic E-state index is 0.0416. The normalized spacial score (nSPS) is 10.9. The fourth-order valence-corrected chi connectivity index (χ4v) is 3.93. The number of amides is 1. The van der Waals surface area contributed by atoms with Crippen molar-refractivity contribution in [3.8, 4) is 5.75 Å². The van der Waals surface area contributed by atoms with Crippen LogP contribution in [0.1, 0.15) is 37.5 Å². The number of nitrogens with one attached hydrogen (secondary N) is 1. The van der Waals surface area contributed by atoms with Gasteiger partial charge < -0.3 is 15.2 Å². The van der Waals surface area contributed by atoms with Crippen LogP contribution in [0, 0.1) is 6.92 Å². The van der Waals surface area contributed by atoms with Crippen molar-refractivity contribution in [1.29, 1.82) is 0 Å². The standard InChI is InChI=1S/C26H24N4O6/c1-15-10-17(6-9-19(15)25(33)34)14-30-24(32)20-11-21(27-13-22(20)29(2)26(30)35)23(31)28-12-16-4-7-18(36-3)8-5-16/h4-11,13H,12,14H2,1-3H3,(H,28,31)(H,33,34). The molecule has 0 radical (unpaired) electrons. The number of carbonyl (C=O) groups excluding carboxylic acids is 1. The summed E-state index contributed by atoms with van der Waals surface area (Å²) in [6, 6.07) is 13.2. The Hall–Kier alpha value is -4.73. The van der Waals surface area contributed by atoms with Gasteiger partial charge in [0.2, 0.25) is 0 Å². The number of carboxylic acid groups (broad SMARTS) is 1. The SMILES string of the molecule is COc1ccc(CNC(=O)c2cc3c(=O)n(Cc4ccc(C(=O)O)c(C)c4)c(=O)n(C)c3cn2)cc1. The van der Waals surface area contributed by atoms with Crippen molar-refractivity contribution in [2.75, 3.05) is 7.11 Å². The van der Waals surface area contributed by atoms with E-state index < -0.39 is 23.1 Å². The molecule has 10 nitrogen and oxygen atoms in total. The van der Waals surface area contributed by atoms with E-state index in [-0.39, 0.29) is 29.7 Å². The Bertz CT molecular complexity index is 1600. The Morgan fingerprint density at radius 3 is 2.39 bits per heavy atom. The number of fused-ring (bicyclic) bond motifs is 1. The van der Waals surface area contributed by atoms with E-state index in [1.807, 2.05) is 12.1 Å². The maximum Gasteiger partial charge on any atom is 0.335 e. The summed E-state index contributed by atoms with van der Waals surface area (Å²) in [5.74, 6) is -0.813. The zero-order valence-electron chi connectivity index (χ0n) is 19.9. The number of hydrogen-bond donors (Lipinski definition) is 2. The van der Waals surface area contributed by atoms with E-state index in [1.54, 1.807) is 38.3 Å². The summed E-state index contributed by atoms with van der Waals surface area (Å²) in [6.07, 6.45) is 1.33. The third-order valence-corrected chi connectivity index (χ3v) is 5.94. The van der Waals surface area contributed by atoms with Crippen molar-refractivity contribution >= 4 is 22.8 Å². The van der Waals surface area contributed by atoms with Crippen LogP contribution in [0.3, 0.4) is 0 Å². The number of aryl methyl sites for hydroxylation is 2. The molecule has 0 atom stereocenters. The highest BCUT2D eigenvalue weighted by Gasteiger charge is 2.16. The van der Waals surface area contributed by atoms with Gasteiger partial charge in [-0.1, -0.05) is 24.3 Å². The van der Waals surface area contributed by atoms with E-state index >= 15 is 0 Å². The number of nitrogens with zero attached hydrogens (tertiary/aromatic N) is 3. The van der Waals surface area contributed by atoms with E-state index in [9.17, 15) is 24.3 Å². The maximum atomic E-state index is 13.3. The molecule has 2 heterocycles. The molecule has 4 rings (SSSR count). The van der Waals surface area contributed by atoms with E-state index in [0.29, 0.717) is 22.4 Å². The van der Waals surface area contributed by atoms with Crippen molar-refractivity contribution in [3.63, 3.8) is 0 Å². The second-order valence-corrected chi connectivity index (χ2v) is 8.30. The molecule has 36 heavy (non-hydrogen) atoms. The predicted molar refractivity (Wildman–Crippen MR) is 133 cm³/mol. The lowest BCUT2D eigenvalue weighted by Crippen LogP contribution is -2.39. The Morgan fingerprint density at radius 1 is 1.06 bits per heavy atom. The summed E-state index contributed by atoms with van der Waals surface area (Å²) < 4.78 is 7.47. The summed E-state index contributed by atoms with van der Waals surface area (Å²) in [5.41, 5.74) is 1.34. The Kier molecular flexibility index (Phi) is 6.69. The lowest BCUT2D eigenvalue weighted by molar-refractivity contribution is 0.0695. The van der Waals surface area contributed by atoms with Gasteiger partial charge in [0.15, 0.2) is 0 Å². The molecule has 0 aliphatic carbocycles. The molecule has 4 aromatic rings. The Labute approximate surface area is 205 Å². The van der Waals surface area contributed by atoms with Crippen molar-refractivity contribution in [1.82, 2.24) is 19.4 Å². The number of ether oxygens (including phenoxy) is 1. The average molecular weight is 489 g/mol. The summed E-state index contributed by atoms with van der Waals surface area (Å²) in [4.78, 5) is 54.3. The zero-order valence-corrected chi connectivity index (χ0v) is 19.9. The maximum absolute atomic E-state index is 13.3. The second kappa shape index (κ2) is 9.87. The number of pyridine rings is 1.